The van der Waals surface area contributed by atoms with Crippen molar-refractivity contribution in [1.29, 1.82) is 0 Å². The molecule has 98 valence electrons. The van der Waals surface area contributed by atoms with Gasteiger partial charge in [-0.25, -0.2) is 0 Å². The summed E-state index contributed by atoms with van der Waals surface area (Å²) in [4.78, 5) is 14.0. The number of methoxy groups -OCH3 is 1. The number of anilines is 1. The molecule has 1 aromatic carbocycles. The second kappa shape index (κ2) is 3.86. The van der Waals surface area contributed by atoms with Crippen molar-refractivity contribution in [1.82, 2.24) is 0 Å². The summed E-state index contributed by atoms with van der Waals surface area (Å²) in [7, 11) is 1.69. The van der Waals surface area contributed by atoms with Crippen LogP contribution in [0.2, 0.25) is 0 Å². The lowest BCUT2D eigenvalue weighted by atomic mass is 9.85. The van der Waals surface area contributed by atoms with E-state index in [1.165, 1.54) is 11.3 Å². The summed E-state index contributed by atoms with van der Waals surface area (Å²) < 4.78 is 5.20. The van der Waals surface area contributed by atoms with Gasteiger partial charge in [-0.3, -0.25) is 4.79 Å². The minimum Gasteiger partial charge on any atom is -0.497 e. The summed E-state index contributed by atoms with van der Waals surface area (Å²) >= 11 is 0. The Morgan fingerprint density at radius 2 is 2.00 bits per heavy atom. The van der Waals surface area contributed by atoms with Crippen molar-refractivity contribution >= 4 is 11.5 Å². The van der Waals surface area contributed by atoms with Gasteiger partial charge in [-0.2, -0.15) is 0 Å². The van der Waals surface area contributed by atoms with Gasteiger partial charge in [-0.05, 0) is 36.8 Å². The van der Waals surface area contributed by atoms with Crippen LogP contribution in [0.3, 0.4) is 0 Å². The van der Waals surface area contributed by atoms with Gasteiger partial charge in [0.1, 0.15) is 5.75 Å². The van der Waals surface area contributed by atoms with Crippen LogP contribution >= 0.6 is 0 Å². The summed E-state index contributed by atoms with van der Waals surface area (Å²) in [6.07, 6.45) is 3.76. The highest BCUT2D eigenvalue weighted by atomic mass is 16.5. The van der Waals surface area contributed by atoms with E-state index in [1.807, 2.05) is 18.2 Å². The highest BCUT2D eigenvalue weighted by Gasteiger charge is 2.52. The smallest absolute Gasteiger partial charge is 0.156 e. The van der Waals surface area contributed by atoms with Gasteiger partial charge in [0, 0.05) is 36.5 Å². The van der Waals surface area contributed by atoms with E-state index in [0.29, 0.717) is 17.7 Å². The zero-order valence-electron chi connectivity index (χ0n) is 11.0. The Hall–Kier alpha value is -1.77. The zero-order chi connectivity index (χ0) is 13.0. The monoisotopic (exact) mass is 255 g/mol. The molecule has 1 saturated carbocycles. The second-order valence-electron chi connectivity index (χ2n) is 5.80. The molecule has 2 fully saturated rings. The van der Waals surface area contributed by atoms with E-state index in [9.17, 15) is 4.79 Å². The largest absolute Gasteiger partial charge is 0.497 e. The first-order valence-corrected chi connectivity index (χ1v) is 6.90. The SMILES string of the molecule is COc1ccc(N2C[C@H]3CC4=CC(=O)CC4[C@H]32)cc1. The first-order chi connectivity index (χ1) is 9.26. The van der Waals surface area contributed by atoms with E-state index in [2.05, 4.69) is 17.0 Å². The van der Waals surface area contributed by atoms with Crippen molar-refractivity contribution in [2.75, 3.05) is 18.6 Å². The number of carbonyl (C=O) groups excluding carboxylic acids is 1. The molecule has 0 aromatic heterocycles. The number of ether oxygens (including phenoxy) is 1. The highest BCUT2D eigenvalue weighted by molar-refractivity contribution is 5.94. The molecule has 1 aliphatic heterocycles. The van der Waals surface area contributed by atoms with Crippen molar-refractivity contribution < 1.29 is 9.53 Å². The van der Waals surface area contributed by atoms with Gasteiger partial charge in [-0.1, -0.05) is 5.57 Å². The quantitative estimate of drug-likeness (QED) is 0.813. The molecule has 3 atom stereocenters. The molecule has 0 N–H and O–H groups in total. The molecule has 3 aliphatic rings. The predicted molar refractivity (Wildman–Crippen MR) is 73.4 cm³/mol. The number of carbonyl (C=O) groups is 1. The van der Waals surface area contributed by atoms with Crippen LogP contribution in [0.5, 0.6) is 5.75 Å². The number of hydrogen-bond acceptors (Lipinski definition) is 3. The molecule has 3 nitrogen and oxygen atoms in total. The maximum atomic E-state index is 11.5. The van der Waals surface area contributed by atoms with Gasteiger partial charge in [0.25, 0.3) is 0 Å². The summed E-state index contributed by atoms with van der Waals surface area (Å²) in [6, 6.07) is 8.80. The number of ketones is 1. The van der Waals surface area contributed by atoms with Crippen molar-refractivity contribution in [3.05, 3.63) is 35.9 Å². The highest BCUT2D eigenvalue weighted by Crippen LogP contribution is 2.51. The number of rotatable bonds is 2. The molecule has 0 bridgehead atoms. The van der Waals surface area contributed by atoms with Gasteiger partial charge in [0.2, 0.25) is 0 Å². The Bertz CT molecular complexity index is 561. The number of fused-ring (bicyclic) bond motifs is 3. The molecule has 0 radical (unpaired) electrons. The first kappa shape index (κ1) is 11.1. The second-order valence-corrected chi connectivity index (χ2v) is 5.80. The molecule has 0 amide bonds. The van der Waals surface area contributed by atoms with E-state index in [-0.39, 0.29) is 0 Å². The molecular weight excluding hydrogens is 238 g/mol. The predicted octanol–water partition coefficient (Wildman–Crippen LogP) is 2.42. The minimum atomic E-state index is 0.319. The first-order valence-electron chi connectivity index (χ1n) is 6.90. The van der Waals surface area contributed by atoms with Crippen molar-refractivity contribution in [3.8, 4) is 5.75 Å². The fourth-order valence-electron chi connectivity index (χ4n) is 3.95. The molecule has 1 unspecified atom stereocenters. The topological polar surface area (TPSA) is 29.5 Å². The molecule has 2 aliphatic carbocycles. The third-order valence-electron chi connectivity index (χ3n) is 4.83. The molecule has 1 saturated heterocycles. The van der Waals surface area contributed by atoms with Crippen LogP contribution in [-0.2, 0) is 4.79 Å². The lowest BCUT2D eigenvalue weighted by Gasteiger charge is -2.48. The van der Waals surface area contributed by atoms with Crippen LogP contribution in [0.15, 0.2) is 35.9 Å². The molecular formula is C16H17NO2. The van der Waals surface area contributed by atoms with Crippen molar-refractivity contribution in [3.63, 3.8) is 0 Å². The van der Waals surface area contributed by atoms with Crippen LogP contribution in [-0.4, -0.2) is 25.5 Å². The average molecular weight is 255 g/mol. The minimum absolute atomic E-state index is 0.319. The molecule has 4 rings (SSSR count). The standard InChI is InChI=1S/C16H17NO2/c1-19-14-4-2-12(3-5-14)17-9-11-6-10-7-13(18)8-15(10)16(11)17/h2-5,7,11,15-16H,6,8-9H2,1H3/t11-,15?,16+/m1/s1. The average Bonchev–Trinajstić information content (AvgIpc) is 2.85. The molecule has 1 heterocycles. The van der Waals surface area contributed by atoms with Gasteiger partial charge in [0.05, 0.1) is 7.11 Å². The molecule has 1 aromatic rings. The third kappa shape index (κ3) is 1.54. The van der Waals surface area contributed by atoms with Gasteiger partial charge >= 0.3 is 0 Å². The van der Waals surface area contributed by atoms with Crippen LogP contribution in [0.4, 0.5) is 5.69 Å². The summed E-state index contributed by atoms with van der Waals surface area (Å²) in [5, 5.41) is 0. The Kier molecular flexibility index (Phi) is 2.25. The number of hydrogen-bond donors (Lipinski definition) is 0. The fourth-order valence-corrected chi connectivity index (χ4v) is 3.95. The summed E-state index contributed by atoms with van der Waals surface area (Å²) in [5.41, 5.74) is 2.65. The Balaban J connectivity index is 1.58. The Labute approximate surface area is 112 Å². The van der Waals surface area contributed by atoms with Crippen LogP contribution in [0.1, 0.15) is 12.8 Å². The number of benzene rings is 1. The van der Waals surface area contributed by atoms with Gasteiger partial charge in [0.15, 0.2) is 5.78 Å². The van der Waals surface area contributed by atoms with Crippen LogP contribution in [0, 0.1) is 11.8 Å². The van der Waals surface area contributed by atoms with Crippen LogP contribution in [0.25, 0.3) is 0 Å². The zero-order valence-corrected chi connectivity index (χ0v) is 11.0. The Morgan fingerprint density at radius 1 is 1.21 bits per heavy atom. The van der Waals surface area contributed by atoms with E-state index in [0.717, 1.165) is 31.1 Å². The van der Waals surface area contributed by atoms with E-state index < -0.39 is 0 Å². The van der Waals surface area contributed by atoms with Crippen molar-refractivity contribution in [2.45, 2.75) is 18.9 Å². The van der Waals surface area contributed by atoms with Crippen molar-refractivity contribution in [2.24, 2.45) is 11.8 Å². The van der Waals surface area contributed by atoms with Crippen LogP contribution < -0.4 is 9.64 Å². The normalized spacial score (nSPS) is 31.6. The third-order valence-corrected chi connectivity index (χ3v) is 4.83. The lowest BCUT2D eigenvalue weighted by molar-refractivity contribution is -0.114. The van der Waals surface area contributed by atoms with E-state index in [1.54, 1.807) is 7.11 Å². The molecule has 3 heteroatoms. The maximum absolute atomic E-state index is 11.5. The van der Waals surface area contributed by atoms with E-state index >= 15 is 0 Å². The van der Waals surface area contributed by atoms with Gasteiger partial charge < -0.3 is 9.64 Å². The Morgan fingerprint density at radius 3 is 2.74 bits per heavy atom. The molecule has 19 heavy (non-hydrogen) atoms. The fraction of sp³-hybridized carbons (Fsp3) is 0.438. The lowest BCUT2D eigenvalue weighted by Crippen LogP contribution is -2.56. The van der Waals surface area contributed by atoms with E-state index in [4.69, 9.17) is 4.74 Å². The summed E-state index contributed by atoms with van der Waals surface area (Å²) in [6.45, 7) is 1.12. The maximum Gasteiger partial charge on any atom is 0.156 e. The molecule has 0 spiro atoms. The number of allylic oxidation sites excluding steroid dienone is 1. The summed E-state index contributed by atoms with van der Waals surface area (Å²) in [5.74, 6) is 2.45. The van der Waals surface area contributed by atoms with Gasteiger partial charge in [-0.15, -0.1) is 0 Å². The number of nitrogens with zero attached hydrogens (tertiary/aromatic N) is 1.